The van der Waals surface area contributed by atoms with Crippen LogP contribution in [0.25, 0.3) is 0 Å². The molecule has 1 aromatic heterocycles. The number of imidazole rings is 1. The van der Waals surface area contributed by atoms with Gasteiger partial charge in [0.2, 0.25) is 10.9 Å². The molecule has 8 nitrogen and oxygen atoms in total. The van der Waals surface area contributed by atoms with Crippen LogP contribution in [0.1, 0.15) is 16.1 Å². The van der Waals surface area contributed by atoms with E-state index in [1.165, 1.54) is 0 Å². The van der Waals surface area contributed by atoms with Gasteiger partial charge in [-0.15, -0.1) is 0 Å². The third-order valence-electron chi connectivity index (χ3n) is 3.95. The molecule has 0 saturated carbocycles. The number of thiol groups is 1. The predicted octanol–water partition coefficient (Wildman–Crippen LogP) is 0.306. The van der Waals surface area contributed by atoms with Crippen molar-refractivity contribution in [2.75, 3.05) is 30.9 Å². The van der Waals surface area contributed by atoms with Crippen LogP contribution in [-0.2, 0) is 17.4 Å². The quantitative estimate of drug-likeness (QED) is 0.675. The molecule has 1 amide bonds. The molecular weight excluding hydrogens is 330 g/mol. The molecule has 128 valence electrons. The molecule has 0 bridgehead atoms. The Labute approximate surface area is 141 Å². The fourth-order valence-corrected chi connectivity index (χ4v) is 3.05. The van der Waals surface area contributed by atoms with E-state index in [1.807, 2.05) is 11.1 Å². The Morgan fingerprint density at radius 2 is 1.88 bits per heavy atom. The van der Waals surface area contributed by atoms with Gasteiger partial charge in [0.1, 0.15) is 0 Å². The van der Waals surface area contributed by atoms with Crippen LogP contribution in [0.15, 0.2) is 36.8 Å². The van der Waals surface area contributed by atoms with E-state index in [1.54, 1.807) is 30.6 Å². The van der Waals surface area contributed by atoms with Gasteiger partial charge in [0, 0.05) is 50.2 Å². The van der Waals surface area contributed by atoms with Crippen molar-refractivity contribution in [1.29, 1.82) is 0 Å². The lowest BCUT2D eigenvalue weighted by Crippen LogP contribution is -2.48. The molecule has 24 heavy (non-hydrogen) atoms. The first kappa shape index (κ1) is 16.5. The summed E-state index contributed by atoms with van der Waals surface area (Å²) in [5.74, 6) is -0.0347. The topological polar surface area (TPSA) is 98.4 Å². The number of benzene rings is 1. The second-order valence-corrected chi connectivity index (χ2v) is 6.31. The van der Waals surface area contributed by atoms with E-state index in [0.29, 0.717) is 24.3 Å². The number of nitrogens with zero attached hydrogens (tertiary/aromatic N) is 3. The molecule has 1 fully saturated rings. The average molecular weight is 349 g/mol. The van der Waals surface area contributed by atoms with Gasteiger partial charge >= 0.3 is 0 Å². The first-order chi connectivity index (χ1) is 11.6. The van der Waals surface area contributed by atoms with Crippen molar-refractivity contribution in [2.24, 2.45) is 0 Å². The van der Waals surface area contributed by atoms with Crippen LogP contribution in [0.4, 0.5) is 5.69 Å². The zero-order valence-corrected chi connectivity index (χ0v) is 13.9. The molecule has 1 aromatic carbocycles. The van der Waals surface area contributed by atoms with Gasteiger partial charge in [-0.2, -0.15) is 0 Å². The lowest BCUT2D eigenvalue weighted by Gasteiger charge is -2.34. The number of carbonyl (C=O) groups excluding carboxylic acids is 1. The summed E-state index contributed by atoms with van der Waals surface area (Å²) in [7, 11) is -2.69. The zero-order chi connectivity index (χ0) is 16.9. The molecule has 1 aliphatic rings. The molecule has 2 N–H and O–H groups in total. The number of amides is 1. The maximum atomic E-state index is 12.5. The van der Waals surface area contributed by atoms with Crippen LogP contribution in [0.3, 0.4) is 0 Å². The summed E-state index contributed by atoms with van der Waals surface area (Å²) in [4.78, 5) is 23.7. The lowest BCUT2D eigenvalue weighted by molar-refractivity contribution is 0.0627. The number of hydrogen-bond acceptors (Lipinski definition) is 5. The summed E-state index contributed by atoms with van der Waals surface area (Å²) in [6, 6.07) is 6.46. The van der Waals surface area contributed by atoms with E-state index in [4.69, 9.17) is 0 Å². The average Bonchev–Trinajstić information content (AvgIpc) is 3.08. The van der Waals surface area contributed by atoms with Gasteiger partial charge in [0.15, 0.2) is 0 Å². The molecule has 1 saturated heterocycles. The Kier molecular flexibility index (Phi) is 5.11. The Bertz CT molecular complexity index is 742. The minimum atomic E-state index is -2.69. The number of aromatic nitrogens is 2. The Balaban J connectivity index is 1.54. The largest absolute Gasteiger partial charge is 0.351 e. The van der Waals surface area contributed by atoms with Crippen LogP contribution in [0.5, 0.6) is 0 Å². The number of nitrogens with one attached hydrogen (secondary N) is 2. The Morgan fingerprint density at radius 3 is 2.46 bits per heavy atom. The minimum absolute atomic E-state index is 0.0347. The Morgan fingerprint density at radius 1 is 1.17 bits per heavy atom. The highest BCUT2D eigenvalue weighted by Crippen LogP contribution is 2.14. The van der Waals surface area contributed by atoms with Crippen LogP contribution >= 0.6 is 0 Å². The summed E-state index contributed by atoms with van der Waals surface area (Å²) < 4.78 is 23.5. The van der Waals surface area contributed by atoms with Crippen LogP contribution in [-0.4, -0.2) is 60.3 Å². The third kappa shape index (κ3) is 4.12. The standard InChI is InChI=1S/C15H19N5O3S/c21-15(12-1-3-13(4-2-12)18-24(22)23)20-7-5-19(6-8-20)10-14-9-16-11-17-14/h1-4,9,11,24H,5-8,10H2,(H,16,17)(H,18,22,23). The first-order valence-corrected chi connectivity index (χ1v) is 8.80. The monoisotopic (exact) mass is 349 g/mol. The van der Waals surface area contributed by atoms with Crippen molar-refractivity contribution in [3.8, 4) is 0 Å². The lowest BCUT2D eigenvalue weighted by atomic mass is 10.1. The summed E-state index contributed by atoms with van der Waals surface area (Å²) >= 11 is 0. The van der Waals surface area contributed by atoms with Crippen LogP contribution < -0.4 is 4.72 Å². The van der Waals surface area contributed by atoms with Crippen LogP contribution in [0, 0.1) is 0 Å². The van der Waals surface area contributed by atoms with Gasteiger partial charge in [0.25, 0.3) is 5.91 Å². The van der Waals surface area contributed by atoms with Gasteiger partial charge in [-0.1, -0.05) is 0 Å². The molecule has 3 rings (SSSR count). The van der Waals surface area contributed by atoms with Crippen molar-refractivity contribution >= 4 is 22.5 Å². The summed E-state index contributed by atoms with van der Waals surface area (Å²) in [5, 5.41) is 0. The predicted molar refractivity (Wildman–Crippen MR) is 90.1 cm³/mol. The third-order valence-corrected chi connectivity index (χ3v) is 4.39. The SMILES string of the molecule is O=C(c1ccc(N[SH](=O)=O)cc1)N1CCN(Cc2c[nH]cn2)CC1. The van der Waals surface area contributed by atoms with Gasteiger partial charge in [-0.25, -0.2) is 13.4 Å². The smallest absolute Gasteiger partial charge is 0.253 e. The maximum absolute atomic E-state index is 12.5. The second kappa shape index (κ2) is 7.45. The maximum Gasteiger partial charge on any atom is 0.253 e. The molecular formula is C15H19N5O3S. The van der Waals surface area contributed by atoms with Gasteiger partial charge in [-0.05, 0) is 24.3 Å². The first-order valence-electron chi connectivity index (χ1n) is 7.62. The molecule has 0 radical (unpaired) electrons. The highest BCUT2D eigenvalue weighted by atomic mass is 32.2. The molecule has 9 heteroatoms. The molecule has 2 aromatic rings. The molecule has 0 atom stereocenters. The number of piperazine rings is 1. The van der Waals surface area contributed by atoms with E-state index >= 15 is 0 Å². The van der Waals surface area contributed by atoms with E-state index in [9.17, 15) is 13.2 Å². The second-order valence-electron chi connectivity index (χ2n) is 5.58. The highest BCUT2D eigenvalue weighted by Gasteiger charge is 2.22. The number of H-pyrrole nitrogens is 1. The minimum Gasteiger partial charge on any atom is -0.351 e. The summed E-state index contributed by atoms with van der Waals surface area (Å²) in [5.41, 5.74) is 2.00. The number of carbonyl (C=O) groups is 1. The van der Waals surface area contributed by atoms with E-state index < -0.39 is 10.9 Å². The molecule has 0 spiro atoms. The fraction of sp³-hybridized carbons (Fsp3) is 0.333. The van der Waals surface area contributed by atoms with Crippen LogP contribution in [0.2, 0.25) is 0 Å². The van der Waals surface area contributed by atoms with Gasteiger partial charge in [-0.3, -0.25) is 14.4 Å². The van der Waals surface area contributed by atoms with Gasteiger partial charge < -0.3 is 9.88 Å². The van der Waals surface area contributed by atoms with Crippen molar-refractivity contribution in [3.63, 3.8) is 0 Å². The van der Waals surface area contributed by atoms with E-state index in [2.05, 4.69) is 19.6 Å². The fourth-order valence-electron chi connectivity index (χ4n) is 2.69. The zero-order valence-electron chi connectivity index (χ0n) is 13.0. The molecule has 1 aliphatic heterocycles. The highest BCUT2D eigenvalue weighted by molar-refractivity contribution is 7.73. The van der Waals surface area contributed by atoms with E-state index in [-0.39, 0.29) is 5.91 Å². The van der Waals surface area contributed by atoms with Crippen molar-refractivity contribution in [1.82, 2.24) is 19.8 Å². The number of anilines is 1. The number of aromatic amines is 1. The van der Waals surface area contributed by atoms with Crippen molar-refractivity contribution in [3.05, 3.63) is 48.0 Å². The molecule has 0 unspecified atom stereocenters. The normalized spacial score (nSPS) is 15.6. The van der Waals surface area contributed by atoms with E-state index in [0.717, 1.165) is 25.3 Å². The Hall–Kier alpha value is -2.39. The van der Waals surface area contributed by atoms with Crippen molar-refractivity contribution < 1.29 is 13.2 Å². The molecule has 0 aliphatic carbocycles. The molecule has 2 heterocycles. The summed E-state index contributed by atoms with van der Waals surface area (Å²) in [6.07, 6.45) is 3.54. The number of rotatable bonds is 5. The number of hydrogen-bond donors (Lipinski definition) is 3. The summed E-state index contributed by atoms with van der Waals surface area (Å²) in [6.45, 7) is 3.70. The van der Waals surface area contributed by atoms with Gasteiger partial charge in [0.05, 0.1) is 12.0 Å². The van der Waals surface area contributed by atoms with Crippen molar-refractivity contribution in [2.45, 2.75) is 6.54 Å².